The Labute approximate surface area is 51.9 Å². The summed E-state index contributed by atoms with van der Waals surface area (Å²) in [5, 5.41) is -0.548. The number of hydrogen-bond acceptors (Lipinski definition) is 0. The molecule has 0 spiro atoms. The summed E-state index contributed by atoms with van der Waals surface area (Å²) in [5.41, 5.74) is 0. The molecule has 0 bridgehead atoms. The fraction of sp³-hybridized carbons (Fsp3) is 0.500. The van der Waals surface area contributed by atoms with Gasteiger partial charge in [-0.3, -0.25) is 0 Å². The van der Waals surface area contributed by atoms with Crippen molar-refractivity contribution in [3.63, 3.8) is 0 Å². The van der Waals surface area contributed by atoms with Crippen LogP contribution < -0.4 is 0 Å². The van der Waals surface area contributed by atoms with Crippen molar-refractivity contribution < 1.29 is 4.39 Å². The van der Waals surface area contributed by atoms with Gasteiger partial charge in [0, 0.05) is 0 Å². The standard InChI is InChI=1S/C4H4Cl2F/c1-3(5)4(6)2-7/h3H,1H3. The smallest absolute Gasteiger partial charge is 0.176 e. The van der Waals surface area contributed by atoms with Crippen LogP contribution in [0.25, 0.3) is 0 Å². The van der Waals surface area contributed by atoms with E-state index in [0.717, 1.165) is 0 Å². The molecule has 7 heavy (non-hydrogen) atoms. The van der Waals surface area contributed by atoms with Crippen LogP contribution in [0.15, 0.2) is 5.03 Å². The molecule has 0 nitrogen and oxygen atoms in total. The third-order valence-corrected chi connectivity index (χ3v) is 1.17. The normalized spacial score (nSPS) is 16.9. The summed E-state index contributed by atoms with van der Waals surface area (Å²) in [4.78, 5) is 0. The molecule has 0 aliphatic rings. The summed E-state index contributed by atoms with van der Waals surface area (Å²) in [5.74, 6) is 0. The number of rotatable bonds is 1. The van der Waals surface area contributed by atoms with Gasteiger partial charge in [-0.2, -0.15) is 0 Å². The van der Waals surface area contributed by atoms with Gasteiger partial charge in [0.05, 0.1) is 10.4 Å². The molecule has 1 unspecified atom stereocenters. The molecule has 0 heterocycles. The summed E-state index contributed by atoms with van der Waals surface area (Å²) >= 11 is 10.4. The van der Waals surface area contributed by atoms with Crippen molar-refractivity contribution >= 4 is 23.2 Å². The molecule has 41 valence electrons. The van der Waals surface area contributed by atoms with Crippen LogP contribution in [-0.4, -0.2) is 5.38 Å². The Bertz CT molecular complexity index is 77.8. The zero-order chi connectivity index (χ0) is 5.86. The highest BCUT2D eigenvalue weighted by Gasteiger charge is 1.99. The van der Waals surface area contributed by atoms with Crippen molar-refractivity contribution in [2.75, 3.05) is 0 Å². The highest BCUT2D eigenvalue weighted by atomic mass is 35.5. The van der Waals surface area contributed by atoms with Gasteiger partial charge >= 0.3 is 0 Å². The van der Waals surface area contributed by atoms with Crippen LogP contribution in [0.1, 0.15) is 6.92 Å². The highest BCUT2D eigenvalue weighted by molar-refractivity contribution is 6.36. The molecule has 0 aromatic rings. The Kier molecular flexibility index (Phi) is 3.39. The predicted molar refractivity (Wildman–Crippen MR) is 29.0 cm³/mol. The molecule has 0 aliphatic heterocycles. The van der Waals surface area contributed by atoms with Crippen LogP contribution >= 0.6 is 23.2 Å². The second-order valence-electron chi connectivity index (χ2n) is 1.06. The van der Waals surface area contributed by atoms with Crippen molar-refractivity contribution in [3.05, 3.63) is 11.4 Å². The van der Waals surface area contributed by atoms with E-state index < -0.39 is 5.38 Å². The first-order valence-electron chi connectivity index (χ1n) is 1.71. The number of alkyl halides is 1. The maximum Gasteiger partial charge on any atom is 0.176 e. The van der Waals surface area contributed by atoms with E-state index in [2.05, 4.69) is 0 Å². The van der Waals surface area contributed by atoms with Gasteiger partial charge in [-0.1, -0.05) is 11.6 Å². The zero-order valence-electron chi connectivity index (χ0n) is 3.71. The molecule has 0 saturated carbocycles. The minimum atomic E-state index is -0.466. The van der Waals surface area contributed by atoms with Crippen molar-refractivity contribution in [2.24, 2.45) is 0 Å². The molecule has 0 amide bonds. The molecule has 0 fully saturated rings. The monoisotopic (exact) mass is 141 g/mol. The minimum absolute atomic E-state index is 0.0818. The molecule has 0 saturated heterocycles. The van der Waals surface area contributed by atoms with Crippen LogP contribution in [0, 0.1) is 6.33 Å². The van der Waals surface area contributed by atoms with E-state index in [9.17, 15) is 4.39 Å². The summed E-state index contributed by atoms with van der Waals surface area (Å²) in [6.45, 7) is 1.57. The average Bonchev–Trinajstić information content (AvgIpc) is 1.65. The molecule has 1 radical (unpaired) electrons. The average molecular weight is 142 g/mol. The highest BCUT2D eigenvalue weighted by Crippen LogP contribution is 2.11. The van der Waals surface area contributed by atoms with Crippen LogP contribution in [0.3, 0.4) is 0 Å². The number of hydrogen-bond donors (Lipinski definition) is 0. The Balaban J connectivity index is 3.56. The lowest BCUT2D eigenvalue weighted by atomic mass is 10.5. The Morgan fingerprint density at radius 1 is 1.86 bits per heavy atom. The van der Waals surface area contributed by atoms with Gasteiger partial charge in [-0.05, 0) is 6.92 Å². The van der Waals surface area contributed by atoms with Crippen LogP contribution in [0.2, 0.25) is 0 Å². The molecule has 0 aliphatic carbocycles. The van der Waals surface area contributed by atoms with Gasteiger partial charge < -0.3 is 0 Å². The molecule has 3 heteroatoms. The summed E-state index contributed by atoms with van der Waals surface area (Å²) in [6, 6.07) is 0. The van der Waals surface area contributed by atoms with E-state index in [4.69, 9.17) is 23.2 Å². The molecular weight excluding hydrogens is 138 g/mol. The molecule has 0 aromatic carbocycles. The van der Waals surface area contributed by atoms with Gasteiger partial charge in [-0.15, -0.1) is 11.6 Å². The lowest BCUT2D eigenvalue weighted by molar-refractivity contribution is 0.674. The molecule has 0 N–H and O–H groups in total. The lowest BCUT2D eigenvalue weighted by Crippen LogP contribution is -1.86. The Morgan fingerprint density at radius 3 is 2.29 bits per heavy atom. The quantitative estimate of drug-likeness (QED) is 0.493. The first kappa shape index (κ1) is 7.25. The van der Waals surface area contributed by atoms with Gasteiger partial charge in [0.1, 0.15) is 0 Å². The Morgan fingerprint density at radius 2 is 2.29 bits per heavy atom. The van der Waals surface area contributed by atoms with Crippen molar-refractivity contribution in [1.82, 2.24) is 0 Å². The first-order valence-corrected chi connectivity index (χ1v) is 2.53. The van der Waals surface area contributed by atoms with Crippen LogP contribution in [0.4, 0.5) is 4.39 Å². The van der Waals surface area contributed by atoms with E-state index in [0.29, 0.717) is 0 Å². The molecular formula is C4H4Cl2F. The molecule has 0 rings (SSSR count). The molecule has 1 atom stereocenters. The zero-order valence-corrected chi connectivity index (χ0v) is 5.22. The second kappa shape index (κ2) is 3.28. The largest absolute Gasteiger partial charge is 0.202 e. The van der Waals surface area contributed by atoms with E-state index in [1.165, 1.54) is 6.33 Å². The number of halogens is 3. The third-order valence-electron chi connectivity index (χ3n) is 0.440. The first-order chi connectivity index (χ1) is 3.18. The second-order valence-corrected chi connectivity index (χ2v) is 2.12. The summed E-state index contributed by atoms with van der Waals surface area (Å²) in [6.07, 6.45) is 1.21. The summed E-state index contributed by atoms with van der Waals surface area (Å²) in [7, 11) is 0. The number of allylic oxidation sites excluding steroid dienone is 1. The SMILES string of the molecule is CC(Cl)/C(Cl)=[C]\F. The lowest BCUT2D eigenvalue weighted by Gasteiger charge is -1.92. The maximum absolute atomic E-state index is 11.1. The minimum Gasteiger partial charge on any atom is -0.202 e. The van der Waals surface area contributed by atoms with E-state index >= 15 is 0 Å². The van der Waals surface area contributed by atoms with Crippen molar-refractivity contribution in [2.45, 2.75) is 12.3 Å². The van der Waals surface area contributed by atoms with Gasteiger partial charge in [-0.25, -0.2) is 4.39 Å². The van der Waals surface area contributed by atoms with Gasteiger partial charge in [0.2, 0.25) is 0 Å². The van der Waals surface area contributed by atoms with Gasteiger partial charge in [0.15, 0.2) is 6.33 Å². The summed E-state index contributed by atoms with van der Waals surface area (Å²) < 4.78 is 11.1. The van der Waals surface area contributed by atoms with E-state index in [1.54, 1.807) is 6.92 Å². The predicted octanol–water partition coefficient (Wildman–Crippen LogP) is 2.47. The topological polar surface area (TPSA) is 0 Å². The van der Waals surface area contributed by atoms with Crippen molar-refractivity contribution in [1.29, 1.82) is 0 Å². The molecule has 0 aromatic heterocycles. The fourth-order valence-electron chi connectivity index (χ4n) is 0.0752. The van der Waals surface area contributed by atoms with E-state index in [1.807, 2.05) is 0 Å². The Hall–Kier alpha value is 0.250. The van der Waals surface area contributed by atoms with E-state index in [-0.39, 0.29) is 5.03 Å². The van der Waals surface area contributed by atoms with Crippen LogP contribution in [-0.2, 0) is 0 Å². The van der Waals surface area contributed by atoms with Crippen molar-refractivity contribution in [3.8, 4) is 0 Å². The van der Waals surface area contributed by atoms with Crippen LogP contribution in [0.5, 0.6) is 0 Å². The fourth-order valence-corrected chi connectivity index (χ4v) is 0.116. The maximum atomic E-state index is 11.1. The third kappa shape index (κ3) is 2.89. The van der Waals surface area contributed by atoms with Gasteiger partial charge in [0.25, 0.3) is 0 Å².